The molecule has 3 aromatic carbocycles. The van der Waals surface area contributed by atoms with Gasteiger partial charge in [0.05, 0.1) is 31.7 Å². The van der Waals surface area contributed by atoms with Crippen molar-refractivity contribution >= 4 is 45.0 Å². The zero-order valence-corrected chi connectivity index (χ0v) is 19.8. The van der Waals surface area contributed by atoms with E-state index in [4.69, 9.17) is 25.8 Å². The molecule has 34 heavy (non-hydrogen) atoms. The highest BCUT2D eigenvalue weighted by molar-refractivity contribution is 6.29. The van der Waals surface area contributed by atoms with E-state index in [0.29, 0.717) is 43.3 Å². The van der Waals surface area contributed by atoms with E-state index in [1.54, 1.807) is 12.0 Å². The third kappa shape index (κ3) is 4.18. The number of amides is 1. The van der Waals surface area contributed by atoms with E-state index in [1.165, 1.54) is 0 Å². The van der Waals surface area contributed by atoms with Crippen LogP contribution < -0.4 is 9.64 Å². The second-order valence-electron chi connectivity index (χ2n) is 8.10. The van der Waals surface area contributed by atoms with Crippen molar-refractivity contribution < 1.29 is 19.0 Å². The summed E-state index contributed by atoms with van der Waals surface area (Å²) in [5, 5.41) is 3.02. The summed E-state index contributed by atoms with van der Waals surface area (Å²) in [5.41, 5.74) is 3.66. The number of rotatable bonds is 5. The molecule has 0 radical (unpaired) electrons. The number of nitrogens with zero attached hydrogens (tertiary/aromatic N) is 3. The van der Waals surface area contributed by atoms with Crippen molar-refractivity contribution in [1.82, 2.24) is 9.97 Å². The molecule has 4 aromatic rings. The summed E-state index contributed by atoms with van der Waals surface area (Å²) in [5.74, 6) is 1.19. The van der Waals surface area contributed by atoms with Gasteiger partial charge in [-0.1, -0.05) is 30.3 Å². The molecule has 7 nitrogen and oxygen atoms in total. The highest BCUT2D eigenvalue weighted by Crippen LogP contribution is 2.38. The monoisotopic (exact) mass is 477 g/mol. The van der Waals surface area contributed by atoms with Gasteiger partial charge in [-0.15, -0.1) is 0 Å². The van der Waals surface area contributed by atoms with E-state index >= 15 is 0 Å². The van der Waals surface area contributed by atoms with E-state index in [2.05, 4.69) is 22.1 Å². The van der Waals surface area contributed by atoms with Crippen LogP contribution >= 0.6 is 11.6 Å². The molecule has 1 fully saturated rings. The van der Waals surface area contributed by atoms with Crippen LogP contribution in [0.4, 0.5) is 5.82 Å². The quantitative estimate of drug-likeness (QED) is 0.292. The minimum atomic E-state index is -0.0377. The first-order valence-corrected chi connectivity index (χ1v) is 11.4. The number of carbonyl (C=O) groups is 1. The lowest BCUT2D eigenvalue weighted by molar-refractivity contribution is -0.118. The van der Waals surface area contributed by atoms with E-state index in [9.17, 15) is 4.79 Å². The van der Waals surface area contributed by atoms with Crippen LogP contribution in [0.2, 0.25) is 5.28 Å². The Kier molecular flexibility index (Phi) is 6.32. The minimum Gasteiger partial charge on any atom is -0.468 e. The number of aryl methyl sites for hydroxylation is 1. The molecule has 0 N–H and O–H groups in total. The van der Waals surface area contributed by atoms with Crippen LogP contribution in [0.5, 0.6) is 5.75 Å². The van der Waals surface area contributed by atoms with Gasteiger partial charge in [0, 0.05) is 12.5 Å². The average molecular weight is 478 g/mol. The number of anilines is 1. The van der Waals surface area contributed by atoms with Crippen LogP contribution in [-0.4, -0.2) is 49.5 Å². The Labute approximate surface area is 202 Å². The van der Waals surface area contributed by atoms with E-state index in [0.717, 1.165) is 32.8 Å². The number of ether oxygens (including phenoxy) is 3. The third-order valence-electron chi connectivity index (χ3n) is 6.02. The molecule has 2 heterocycles. The molecule has 0 aliphatic carbocycles. The first-order chi connectivity index (χ1) is 16.6. The van der Waals surface area contributed by atoms with Gasteiger partial charge >= 0.3 is 0 Å². The second-order valence-corrected chi connectivity index (χ2v) is 8.44. The summed E-state index contributed by atoms with van der Waals surface area (Å²) in [4.78, 5) is 23.4. The van der Waals surface area contributed by atoms with Gasteiger partial charge in [-0.3, -0.25) is 9.69 Å². The predicted molar refractivity (Wildman–Crippen MR) is 133 cm³/mol. The number of methoxy groups -OCH3 is 1. The van der Waals surface area contributed by atoms with Gasteiger partial charge in [-0.25, -0.2) is 4.98 Å². The molecule has 0 unspecified atom stereocenters. The lowest BCUT2D eigenvalue weighted by atomic mass is 9.93. The summed E-state index contributed by atoms with van der Waals surface area (Å²) < 4.78 is 16.3. The molecule has 174 valence electrons. The Balaban J connectivity index is 1.70. The van der Waals surface area contributed by atoms with Gasteiger partial charge < -0.3 is 14.2 Å². The van der Waals surface area contributed by atoms with Crippen molar-refractivity contribution in [2.45, 2.75) is 13.3 Å². The van der Waals surface area contributed by atoms with Crippen LogP contribution in [0.1, 0.15) is 12.0 Å². The molecule has 1 amide bonds. The Hall–Kier alpha value is -3.26. The number of benzene rings is 3. The number of hydrogen-bond acceptors (Lipinski definition) is 6. The molecule has 1 aromatic heterocycles. The molecular formula is C26H24ClN3O4. The molecule has 0 atom stereocenters. The van der Waals surface area contributed by atoms with Crippen molar-refractivity contribution in [2.24, 2.45) is 0 Å². The van der Waals surface area contributed by atoms with Crippen molar-refractivity contribution in [3.8, 4) is 16.9 Å². The van der Waals surface area contributed by atoms with E-state index in [1.807, 2.05) is 43.3 Å². The normalized spacial score (nSPS) is 14.6. The molecule has 1 aliphatic rings. The molecule has 1 saturated heterocycles. The fourth-order valence-electron chi connectivity index (χ4n) is 4.40. The van der Waals surface area contributed by atoms with Gasteiger partial charge in [-0.2, -0.15) is 4.98 Å². The molecular weight excluding hydrogens is 454 g/mol. The first kappa shape index (κ1) is 22.5. The van der Waals surface area contributed by atoms with Gasteiger partial charge in [0.2, 0.25) is 11.2 Å². The fourth-order valence-corrected chi connectivity index (χ4v) is 4.57. The Morgan fingerprint density at radius 1 is 1.06 bits per heavy atom. The zero-order chi connectivity index (χ0) is 23.7. The second kappa shape index (κ2) is 9.54. The lowest BCUT2D eigenvalue weighted by Crippen LogP contribution is -2.32. The van der Waals surface area contributed by atoms with E-state index in [-0.39, 0.29) is 18.0 Å². The number of carbonyl (C=O) groups excluding carboxylic acids is 1. The van der Waals surface area contributed by atoms with Crippen LogP contribution in [0, 0.1) is 6.92 Å². The average Bonchev–Trinajstić information content (AvgIpc) is 3.06. The summed E-state index contributed by atoms with van der Waals surface area (Å²) in [6.07, 6.45) is 0.306. The minimum absolute atomic E-state index is 0.0377. The van der Waals surface area contributed by atoms with Gasteiger partial charge in [-0.05, 0) is 64.2 Å². The summed E-state index contributed by atoms with van der Waals surface area (Å²) in [7, 11) is 1.59. The largest absolute Gasteiger partial charge is 0.468 e. The number of halogens is 1. The third-order valence-corrected chi connectivity index (χ3v) is 6.19. The summed E-state index contributed by atoms with van der Waals surface area (Å²) in [6, 6.07) is 16.2. The maximum absolute atomic E-state index is 12.7. The highest BCUT2D eigenvalue weighted by atomic mass is 35.5. The zero-order valence-electron chi connectivity index (χ0n) is 19.0. The van der Waals surface area contributed by atoms with Crippen molar-refractivity contribution in [2.75, 3.05) is 38.6 Å². The number of aromatic nitrogens is 2. The molecule has 0 saturated carbocycles. The fraction of sp³-hybridized carbons (Fsp3) is 0.269. The molecule has 0 bridgehead atoms. The first-order valence-electron chi connectivity index (χ1n) is 11.1. The standard InChI is InChI=1S/C26H24ClN3O4/c1-16-19(22-14-18(34-15-32-2)13-17-5-3-4-6-20(17)22)7-8-21-24(16)28-26(27)29-25(21)30-10-12-33-11-9-23(30)31/h3-8,13-14H,9-12,15H2,1-2H3. The highest BCUT2D eigenvalue weighted by Gasteiger charge is 2.24. The Morgan fingerprint density at radius 2 is 1.91 bits per heavy atom. The van der Waals surface area contributed by atoms with Crippen LogP contribution in [0.3, 0.4) is 0 Å². The van der Waals surface area contributed by atoms with Gasteiger partial charge in [0.25, 0.3) is 0 Å². The van der Waals surface area contributed by atoms with Gasteiger partial charge in [0.15, 0.2) is 6.79 Å². The lowest BCUT2D eigenvalue weighted by Gasteiger charge is -2.22. The Bertz CT molecular complexity index is 1390. The maximum atomic E-state index is 12.7. The topological polar surface area (TPSA) is 73.8 Å². The number of hydrogen-bond donors (Lipinski definition) is 0. The molecule has 8 heteroatoms. The summed E-state index contributed by atoms with van der Waals surface area (Å²) >= 11 is 6.35. The van der Waals surface area contributed by atoms with Crippen molar-refractivity contribution in [1.29, 1.82) is 0 Å². The Morgan fingerprint density at radius 3 is 2.76 bits per heavy atom. The van der Waals surface area contributed by atoms with Crippen LogP contribution in [0.25, 0.3) is 32.8 Å². The smallest absolute Gasteiger partial charge is 0.230 e. The molecule has 1 aliphatic heterocycles. The van der Waals surface area contributed by atoms with Crippen molar-refractivity contribution in [3.63, 3.8) is 0 Å². The van der Waals surface area contributed by atoms with E-state index < -0.39 is 0 Å². The number of fused-ring (bicyclic) bond motifs is 2. The maximum Gasteiger partial charge on any atom is 0.230 e. The van der Waals surface area contributed by atoms with Crippen LogP contribution in [0.15, 0.2) is 48.5 Å². The van der Waals surface area contributed by atoms with Crippen molar-refractivity contribution in [3.05, 3.63) is 59.4 Å². The van der Waals surface area contributed by atoms with Crippen LogP contribution in [-0.2, 0) is 14.3 Å². The summed E-state index contributed by atoms with van der Waals surface area (Å²) in [6.45, 7) is 3.45. The molecule has 5 rings (SSSR count). The SMILES string of the molecule is COCOc1cc(-c2ccc3c(N4CCOCCC4=O)nc(Cl)nc3c2C)c2ccccc2c1. The van der Waals surface area contributed by atoms with Gasteiger partial charge in [0.1, 0.15) is 11.6 Å². The predicted octanol–water partition coefficient (Wildman–Crippen LogP) is 5.15. The molecule has 0 spiro atoms.